The summed E-state index contributed by atoms with van der Waals surface area (Å²) in [6.07, 6.45) is 17.1. The Kier molecular flexibility index (Phi) is 5.42. The molecule has 3 N–H and O–H groups in total. The van der Waals surface area contributed by atoms with Gasteiger partial charge in [0.1, 0.15) is 16.9 Å². The molecular weight excluding hydrogens is 450 g/mol. The molecule has 0 aromatic carbocycles. The molecule has 0 saturated heterocycles. The molecule has 0 radical (unpaired) electrons. The van der Waals surface area contributed by atoms with Crippen LogP contribution in [-0.2, 0) is 11.2 Å². The number of aryl methyl sites for hydroxylation is 1. The molecule has 8 heteroatoms. The van der Waals surface area contributed by atoms with Gasteiger partial charge in [-0.3, -0.25) is 4.68 Å². The standard InChI is InChI=1S/C28H37N7O/c1-3-24-28(32-19-4-5-21(11-19)36-2)34-25-23(13-30-27(29)26(25)33-24)18-12-31-35(14-18)20-7-15-6-16-9-17(10-20)22(16)8-15/h12-17,19-22H,3-11H2,1-2H3,(H2,29,30)(H,32,34)/t15?,16-,17?,19?,20?,21+,22?/m1/s1. The van der Waals surface area contributed by atoms with E-state index in [2.05, 4.69) is 28.1 Å². The second-order valence-electron chi connectivity index (χ2n) is 11.7. The maximum atomic E-state index is 6.30. The van der Waals surface area contributed by atoms with Gasteiger partial charge in [0.25, 0.3) is 0 Å². The van der Waals surface area contributed by atoms with E-state index < -0.39 is 0 Å². The summed E-state index contributed by atoms with van der Waals surface area (Å²) in [5.41, 5.74) is 10.7. The molecule has 2 bridgehead atoms. The number of methoxy groups -OCH3 is 1. The van der Waals surface area contributed by atoms with Crippen molar-refractivity contribution in [2.45, 2.75) is 82.9 Å². The Morgan fingerprint density at radius 3 is 2.75 bits per heavy atom. The summed E-state index contributed by atoms with van der Waals surface area (Å²) in [6.45, 7) is 2.11. The zero-order valence-corrected chi connectivity index (χ0v) is 21.4. The van der Waals surface area contributed by atoms with E-state index in [1.54, 1.807) is 7.11 Å². The fraction of sp³-hybridized carbons (Fsp3) is 0.643. The minimum atomic E-state index is 0.312. The molecule has 3 heterocycles. The molecule has 0 spiro atoms. The molecule has 0 aliphatic heterocycles. The lowest BCUT2D eigenvalue weighted by Gasteiger charge is -2.42. The van der Waals surface area contributed by atoms with Crippen molar-refractivity contribution >= 4 is 22.7 Å². The van der Waals surface area contributed by atoms with Crippen LogP contribution in [-0.4, -0.2) is 44.0 Å². The van der Waals surface area contributed by atoms with E-state index in [4.69, 9.17) is 25.5 Å². The Balaban J connectivity index is 1.22. The maximum absolute atomic E-state index is 6.30. The van der Waals surface area contributed by atoms with E-state index in [-0.39, 0.29) is 0 Å². The topological polar surface area (TPSA) is 104 Å². The van der Waals surface area contributed by atoms with Gasteiger partial charge >= 0.3 is 0 Å². The molecule has 3 aromatic rings. The maximum Gasteiger partial charge on any atom is 0.151 e. The van der Waals surface area contributed by atoms with Crippen LogP contribution in [0.15, 0.2) is 18.6 Å². The smallest absolute Gasteiger partial charge is 0.151 e. The SMILES string of the molecule is CCc1nc2c(N)ncc(-c3cnn(C4CC5CC6C(C4)C[C@H]6C5)c3)c2nc1NC1CC[C@H](OC)C1. The first kappa shape index (κ1) is 22.5. The molecule has 4 saturated carbocycles. The first-order chi connectivity index (χ1) is 17.6. The highest BCUT2D eigenvalue weighted by atomic mass is 16.5. The van der Waals surface area contributed by atoms with E-state index in [9.17, 15) is 0 Å². The van der Waals surface area contributed by atoms with Crippen molar-refractivity contribution < 1.29 is 4.74 Å². The van der Waals surface area contributed by atoms with Gasteiger partial charge in [0, 0.05) is 36.7 Å². The Morgan fingerprint density at radius 1 is 1.03 bits per heavy atom. The van der Waals surface area contributed by atoms with Crippen LogP contribution in [0.4, 0.5) is 11.6 Å². The lowest BCUT2D eigenvalue weighted by molar-refractivity contribution is 0.0759. The van der Waals surface area contributed by atoms with Gasteiger partial charge in [0.2, 0.25) is 0 Å². The van der Waals surface area contributed by atoms with Gasteiger partial charge in [-0.25, -0.2) is 15.0 Å². The third-order valence-electron chi connectivity index (χ3n) is 9.72. The van der Waals surface area contributed by atoms with Crippen LogP contribution in [0.1, 0.15) is 70.0 Å². The van der Waals surface area contributed by atoms with Crippen LogP contribution in [0, 0.1) is 23.7 Å². The first-order valence-corrected chi connectivity index (χ1v) is 13.9. The molecule has 8 nitrogen and oxygen atoms in total. The fourth-order valence-electron chi connectivity index (χ4n) is 7.82. The van der Waals surface area contributed by atoms with Gasteiger partial charge in [-0.15, -0.1) is 0 Å². The van der Waals surface area contributed by atoms with Crippen molar-refractivity contribution in [2.75, 3.05) is 18.2 Å². The number of nitrogen functional groups attached to an aromatic ring is 1. The number of ether oxygens (including phenoxy) is 1. The van der Waals surface area contributed by atoms with Crippen LogP contribution in [0.2, 0.25) is 0 Å². The van der Waals surface area contributed by atoms with E-state index in [0.29, 0.717) is 29.5 Å². The summed E-state index contributed by atoms with van der Waals surface area (Å²) in [7, 11) is 1.80. The predicted molar refractivity (Wildman–Crippen MR) is 140 cm³/mol. The van der Waals surface area contributed by atoms with E-state index in [0.717, 1.165) is 77.5 Å². The monoisotopic (exact) mass is 487 g/mol. The lowest BCUT2D eigenvalue weighted by atomic mass is 9.64. The zero-order valence-electron chi connectivity index (χ0n) is 21.4. The molecule has 0 amide bonds. The zero-order chi connectivity index (χ0) is 24.4. The number of hydrogen-bond acceptors (Lipinski definition) is 7. The van der Waals surface area contributed by atoms with Gasteiger partial charge in [-0.2, -0.15) is 5.10 Å². The lowest BCUT2D eigenvalue weighted by Crippen LogP contribution is -2.34. The predicted octanol–water partition coefficient (Wildman–Crippen LogP) is 5.01. The Morgan fingerprint density at radius 2 is 1.92 bits per heavy atom. The number of fused-ring (bicyclic) bond motifs is 2. The minimum Gasteiger partial charge on any atom is -0.382 e. The highest BCUT2D eigenvalue weighted by molar-refractivity contribution is 5.96. The highest BCUT2D eigenvalue weighted by Crippen LogP contribution is 2.60. The number of nitrogens with two attached hydrogens (primary N) is 1. The van der Waals surface area contributed by atoms with Crippen LogP contribution in [0.3, 0.4) is 0 Å². The van der Waals surface area contributed by atoms with Crippen LogP contribution < -0.4 is 11.1 Å². The number of anilines is 2. The molecule has 7 rings (SSSR count). The minimum absolute atomic E-state index is 0.312. The summed E-state index contributed by atoms with van der Waals surface area (Å²) < 4.78 is 7.80. The first-order valence-electron chi connectivity index (χ1n) is 13.9. The largest absolute Gasteiger partial charge is 0.382 e. The number of aromatic nitrogens is 5. The van der Waals surface area contributed by atoms with Crippen molar-refractivity contribution in [1.29, 1.82) is 0 Å². The van der Waals surface area contributed by atoms with Gasteiger partial charge in [-0.05, 0) is 81.5 Å². The van der Waals surface area contributed by atoms with Crippen molar-refractivity contribution in [3.63, 3.8) is 0 Å². The summed E-state index contributed by atoms with van der Waals surface area (Å²) in [6, 6.07) is 0.841. The van der Waals surface area contributed by atoms with Crippen LogP contribution in [0.25, 0.3) is 22.2 Å². The van der Waals surface area contributed by atoms with E-state index in [1.807, 2.05) is 12.4 Å². The third kappa shape index (κ3) is 3.67. The molecule has 190 valence electrons. The van der Waals surface area contributed by atoms with E-state index in [1.165, 1.54) is 32.1 Å². The van der Waals surface area contributed by atoms with Gasteiger partial charge < -0.3 is 15.8 Å². The molecule has 3 aromatic heterocycles. The summed E-state index contributed by atoms with van der Waals surface area (Å²) in [5.74, 6) is 5.08. The van der Waals surface area contributed by atoms with Crippen LogP contribution in [0.5, 0.6) is 0 Å². The molecule has 7 atom stereocenters. The highest BCUT2D eigenvalue weighted by Gasteiger charge is 2.50. The molecular formula is C28H37N7O. The molecule has 4 aliphatic rings. The second-order valence-corrected chi connectivity index (χ2v) is 11.7. The molecule has 4 aliphatic carbocycles. The summed E-state index contributed by atoms with van der Waals surface area (Å²) in [5, 5.41) is 8.53. The number of pyridine rings is 1. The Bertz CT molecular complexity index is 1280. The number of nitrogens with zero attached hydrogens (tertiary/aromatic N) is 5. The summed E-state index contributed by atoms with van der Waals surface area (Å²) >= 11 is 0. The molecule has 4 fully saturated rings. The number of nitrogens with one attached hydrogen (secondary N) is 1. The van der Waals surface area contributed by atoms with E-state index >= 15 is 0 Å². The molecule has 5 unspecified atom stereocenters. The van der Waals surface area contributed by atoms with Gasteiger partial charge in [0.05, 0.1) is 24.0 Å². The van der Waals surface area contributed by atoms with Crippen molar-refractivity contribution in [3.8, 4) is 11.1 Å². The Hall–Kier alpha value is -2.74. The number of hydrogen-bond donors (Lipinski definition) is 2. The van der Waals surface area contributed by atoms with Crippen molar-refractivity contribution in [3.05, 3.63) is 24.3 Å². The average molecular weight is 488 g/mol. The Labute approximate surface area is 212 Å². The van der Waals surface area contributed by atoms with Crippen LogP contribution >= 0.6 is 0 Å². The van der Waals surface area contributed by atoms with Crippen molar-refractivity contribution in [2.24, 2.45) is 23.7 Å². The quantitative estimate of drug-likeness (QED) is 0.504. The van der Waals surface area contributed by atoms with Crippen molar-refractivity contribution in [1.82, 2.24) is 24.7 Å². The normalized spacial score (nSPS) is 33.0. The fourth-order valence-corrected chi connectivity index (χ4v) is 7.82. The second kappa shape index (κ2) is 8.68. The van der Waals surface area contributed by atoms with Gasteiger partial charge in [0.15, 0.2) is 5.82 Å². The van der Waals surface area contributed by atoms with Gasteiger partial charge in [-0.1, -0.05) is 6.92 Å². The molecule has 36 heavy (non-hydrogen) atoms. The third-order valence-corrected chi connectivity index (χ3v) is 9.72. The number of rotatable bonds is 6. The average Bonchev–Trinajstić information content (AvgIpc) is 3.57. The summed E-state index contributed by atoms with van der Waals surface area (Å²) in [4.78, 5) is 14.6.